The highest BCUT2D eigenvalue weighted by molar-refractivity contribution is 14.1. The predicted octanol–water partition coefficient (Wildman–Crippen LogP) is 3.72. The monoisotopic (exact) mass is 392 g/mol. The summed E-state index contributed by atoms with van der Waals surface area (Å²) in [6, 6.07) is 12.5. The van der Waals surface area contributed by atoms with Crippen molar-refractivity contribution in [2.45, 2.75) is 0 Å². The van der Waals surface area contributed by atoms with E-state index in [1.165, 1.54) is 0 Å². The molecule has 0 aliphatic carbocycles. The van der Waals surface area contributed by atoms with E-state index in [1.54, 1.807) is 24.4 Å². The topological polar surface area (TPSA) is 72.3 Å². The highest BCUT2D eigenvalue weighted by Gasteiger charge is 2.14. The van der Waals surface area contributed by atoms with Gasteiger partial charge in [0.2, 0.25) is 0 Å². The van der Waals surface area contributed by atoms with E-state index >= 15 is 0 Å². The molecule has 1 aromatic heterocycles. The summed E-state index contributed by atoms with van der Waals surface area (Å²) in [5.41, 5.74) is 0.823. The summed E-state index contributed by atoms with van der Waals surface area (Å²) >= 11 is 2.05. The number of hydrogen-bond donors (Lipinski definition) is 1. The van der Waals surface area contributed by atoms with Gasteiger partial charge in [-0.15, -0.1) is 0 Å². The molecule has 0 saturated heterocycles. The van der Waals surface area contributed by atoms with Gasteiger partial charge in [0.25, 0.3) is 0 Å². The second-order valence-corrected chi connectivity index (χ2v) is 5.50. The van der Waals surface area contributed by atoms with E-state index in [0.29, 0.717) is 0 Å². The van der Waals surface area contributed by atoms with Gasteiger partial charge in [-0.2, -0.15) is 4.98 Å². The van der Waals surface area contributed by atoms with Crippen LogP contribution in [0.2, 0.25) is 0 Å². The fraction of sp³-hybridized carbons (Fsp3) is 0. The van der Waals surface area contributed by atoms with Crippen LogP contribution in [-0.4, -0.2) is 21.0 Å². The number of para-hydroxylation sites is 1. The van der Waals surface area contributed by atoms with Crippen molar-refractivity contribution >= 4 is 39.5 Å². The molecule has 21 heavy (non-hydrogen) atoms. The van der Waals surface area contributed by atoms with Gasteiger partial charge in [0.15, 0.2) is 0 Å². The number of fused-ring (bicyclic) bond motifs is 1. The summed E-state index contributed by atoms with van der Waals surface area (Å²) < 4.78 is 6.34. The van der Waals surface area contributed by atoms with Crippen LogP contribution in [0.4, 0.5) is 0 Å². The van der Waals surface area contributed by atoms with Crippen molar-refractivity contribution in [3.63, 3.8) is 0 Å². The van der Waals surface area contributed by atoms with Crippen molar-refractivity contribution < 1.29 is 14.6 Å². The molecule has 3 aromatic rings. The largest absolute Gasteiger partial charge is 0.478 e. The highest BCUT2D eigenvalue weighted by atomic mass is 127. The molecule has 104 valence electrons. The Hall–Kier alpha value is -2.22. The quantitative estimate of drug-likeness (QED) is 0.688. The van der Waals surface area contributed by atoms with Crippen LogP contribution in [0.3, 0.4) is 0 Å². The van der Waals surface area contributed by atoms with Gasteiger partial charge < -0.3 is 9.84 Å². The maximum absolute atomic E-state index is 11.3. The first-order valence-corrected chi connectivity index (χ1v) is 7.14. The fourth-order valence-corrected chi connectivity index (χ4v) is 2.35. The molecule has 0 bridgehead atoms. The molecule has 0 spiro atoms. The van der Waals surface area contributed by atoms with E-state index in [2.05, 4.69) is 9.97 Å². The van der Waals surface area contributed by atoms with Crippen molar-refractivity contribution in [3.05, 3.63) is 57.8 Å². The van der Waals surface area contributed by atoms with E-state index < -0.39 is 5.97 Å². The number of aromatic carboxylic acids is 1. The number of carboxylic acid groups (broad SMARTS) is 1. The van der Waals surface area contributed by atoms with Crippen LogP contribution in [-0.2, 0) is 0 Å². The van der Waals surface area contributed by atoms with Gasteiger partial charge in [0.05, 0.1) is 5.52 Å². The number of carboxylic acids is 1. The second kappa shape index (κ2) is 5.65. The number of rotatable bonds is 3. The van der Waals surface area contributed by atoms with Crippen LogP contribution >= 0.6 is 22.6 Å². The molecular formula is C15H9IN2O3. The van der Waals surface area contributed by atoms with Crippen LogP contribution in [0, 0.1) is 3.57 Å². The van der Waals surface area contributed by atoms with Crippen LogP contribution in [0.5, 0.6) is 11.8 Å². The average Bonchev–Trinajstić information content (AvgIpc) is 2.49. The summed E-state index contributed by atoms with van der Waals surface area (Å²) in [6.07, 6.45) is 1.64. The third-order valence-corrected chi connectivity index (χ3v) is 3.51. The molecule has 0 atom stereocenters. The number of hydrogen-bond acceptors (Lipinski definition) is 4. The molecule has 6 heteroatoms. The van der Waals surface area contributed by atoms with Gasteiger partial charge in [-0.3, -0.25) is 0 Å². The Morgan fingerprint density at radius 1 is 1.19 bits per heavy atom. The summed E-state index contributed by atoms with van der Waals surface area (Å²) in [7, 11) is 0. The van der Waals surface area contributed by atoms with Crippen molar-refractivity contribution in [2.75, 3.05) is 0 Å². The van der Waals surface area contributed by atoms with E-state index in [9.17, 15) is 9.90 Å². The Morgan fingerprint density at radius 3 is 2.81 bits per heavy atom. The Morgan fingerprint density at radius 2 is 2.00 bits per heavy atom. The zero-order valence-electron chi connectivity index (χ0n) is 10.7. The molecule has 1 N–H and O–H groups in total. The fourth-order valence-electron chi connectivity index (χ4n) is 1.86. The number of ether oxygens (including phenoxy) is 1. The first kappa shape index (κ1) is 13.7. The van der Waals surface area contributed by atoms with Gasteiger partial charge in [-0.05, 0) is 46.9 Å². The number of carbonyl (C=O) groups is 1. The van der Waals surface area contributed by atoms with Crippen LogP contribution in [0.15, 0.2) is 48.7 Å². The summed E-state index contributed by atoms with van der Waals surface area (Å²) in [5.74, 6) is -0.831. The normalized spacial score (nSPS) is 10.5. The first-order chi connectivity index (χ1) is 10.1. The molecule has 1 heterocycles. The van der Waals surface area contributed by atoms with E-state index in [-0.39, 0.29) is 17.3 Å². The summed E-state index contributed by atoms with van der Waals surface area (Å²) in [6.45, 7) is 0. The Bertz CT molecular complexity index is 836. The van der Waals surface area contributed by atoms with Gasteiger partial charge in [-0.25, -0.2) is 9.78 Å². The van der Waals surface area contributed by atoms with E-state index in [1.807, 2.05) is 46.9 Å². The van der Waals surface area contributed by atoms with Crippen molar-refractivity contribution in [3.8, 4) is 11.8 Å². The van der Waals surface area contributed by atoms with Crippen molar-refractivity contribution in [2.24, 2.45) is 0 Å². The zero-order valence-corrected chi connectivity index (χ0v) is 12.8. The lowest BCUT2D eigenvalue weighted by atomic mass is 10.2. The summed E-state index contributed by atoms with van der Waals surface area (Å²) in [5, 5.41) is 10.1. The van der Waals surface area contributed by atoms with Crippen LogP contribution in [0.1, 0.15) is 10.4 Å². The average molecular weight is 392 g/mol. The minimum atomic E-state index is -1.05. The molecule has 0 fully saturated rings. The molecule has 5 nitrogen and oxygen atoms in total. The molecule has 0 radical (unpaired) electrons. The lowest BCUT2D eigenvalue weighted by Gasteiger charge is -2.08. The number of nitrogens with zero attached hydrogens (tertiary/aromatic N) is 2. The maximum Gasteiger partial charge on any atom is 0.339 e. The van der Waals surface area contributed by atoms with Gasteiger partial charge >= 0.3 is 12.0 Å². The second-order valence-electron chi connectivity index (χ2n) is 4.26. The smallest absolute Gasteiger partial charge is 0.339 e. The lowest BCUT2D eigenvalue weighted by molar-refractivity contribution is 0.0694. The number of aromatic nitrogens is 2. The molecule has 0 aliphatic heterocycles. The third-order valence-electron chi connectivity index (χ3n) is 2.84. The minimum Gasteiger partial charge on any atom is -0.478 e. The molecule has 0 aliphatic rings. The Balaban J connectivity index is 2.00. The Labute approximate surface area is 133 Å². The SMILES string of the molecule is O=C(O)c1cc(I)ccc1Oc1ncc2ccccc2n1. The molecule has 2 aromatic carbocycles. The predicted molar refractivity (Wildman–Crippen MR) is 85.7 cm³/mol. The molecule has 0 unspecified atom stereocenters. The molecule has 3 rings (SSSR count). The molecule has 0 saturated carbocycles. The van der Waals surface area contributed by atoms with Crippen molar-refractivity contribution in [1.29, 1.82) is 0 Å². The first-order valence-electron chi connectivity index (χ1n) is 6.06. The van der Waals surface area contributed by atoms with Crippen molar-refractivity contribution in [1.82, 2.24) is 9.97 Å². The number of benzene rings is 2. The third kappa shape index (κ3) is 2.94. The molecular weight excluding hydrogens is 383 g/mol. The highest BCUT2D eigenvalue weighted by Crippen LogP contribution is 2.25. The van der Waals surface area contributed by atoms with Crippen LogP contribution in [0.25, 0.3) is 10.9 Å². The standard InChI is InChI=1S/C15H9IN2O3/c16-10-5-6-13(11(7-10)14(19)20)21-15-17-8-9-3-1-2-4-12(9)18-15/h1-8H,(H,19,20). The lowest BCUT2D eigenvalue weighted by Crippen LogP contribution is -2.02. The number of halogens is 1. The van der Waals surface area contributed by atoms with Gasteiger partial charge in [0.1, 0.15) is 11.3 Å². The Kier molecular flexibility index (Phi) is 3.70. The minimum absolute atomic E-state index is 0.0821. The maximum atomic E-state index is 11.3. The summed E-state index contributed by atoms with van der Waals surface area (Å²) in [4.78, 5) is 19.6. The van der Waals surface area contributed by atoms with E-state index in [4.69, 9.17) is 4.74 Å². The molecule has 0 amide bonds. The van der Waals surface area contributed by atoms with Gasteiger partial charge in [0, 0.05) is 15.2 Å². The van der Waals surface area contributed by atoms with Gasteiger partial charge in [-0.1, -0.05) is 18.2 Å². The zero-order chi connectivity index (χ0) is 14.8. The van der Waals surface area contributed by atoms with Crippen LogP contribution < -0.4 is 4.74 Å². The van der Waals surface area contributed by atoms with E-state index in [0.717, 1.165) is 14.5 Å².